The maximum absolute atomic E-state index is 11.5. The number of amidine groups is 1. The number of rotatable bonds is 13. The molecule has 1 saturated carbocycles. The second-order valence-corrected chi connectivity index (χ2v) is 12.1. The Morgan fingerprint density at radius 2 is 1.70 bits per heavy atom. The Kier molecular flexibility index (Phi) is 13.5. The third-order valence-corrected chi connectivity index (χ3v) is 8.56. The highest BCUT2D eigenvalue weighted by atomic mass is 16.7. The SMILES string of the molecule is C[C@@H]1C(O)[C@@H](OC2C(O)C(O[C@H]3O[C@H](CNCC(O)CO)CCC3N)[C@@H](N)C[C@H]2NC(=N)C(O)C(O)CO)OCC1(C)O. The van der Waals surface area contributed by atoms with E-state index in [1.807, 2.05) is 0 Å². The molecule has 0 aromatic heterocycles. The maximum atomic E-state index is 11.5. The summed E-state index contributed by atoms with van der Waals surface area (Å²) in [5.41, 5.74) is 11.4. The summed E-state index contributed by atoms with van der Waals surface area (Å²) in [4.78, 5) is 0. The molecule has 15 atom stereocenters. The van der Waals surface area contributed by atoms with Gasteiger partial charge >= 0.3 is 0 Å². The number of ether oxygens (including phenoxy) is 4. The van der Waals surface area contributed by atoms with E-state index in [-0.39, 0.29) is 32.3 Å². The molecule has 3 fully saturated rings. The molecule has 2 aliphatic heterocycles. The van der Waals surface area contributed by atoms with E-state index in [9.17, 15) is 35.7 Å². The van der Waals surface area contributed by atoms with Crippen LogP contribution in [-0.4, -0.2) is 165 Å². The van der Waals surface area contributed by atoms with Crippen molar-refractivity contribution in [3.63, 3.8) is 0 Å². The lowest BCUT2D eigenvalue weighted by molar-refractivity contribution is -0.313. The van der Waals surface area contributed by atoms with Crippen LogP contribution in [0.15, 0.2) is 0 Å². The van der Waals surface area contributed by atoms with Gasteiger partial charge in [-0.1, -0.05) is 6.92 Å². The van der Waals surface area contributed by atoms with Gasteiger partial charge in [0.1, 0.15) is 42.5 Å². The number of nitrogens with one attached hydrogen (secondary N) is 3. The van der Waals surface area contributed by atoms with Gasteiger partial charge in [-0.15, -0.1) is 0 Å². The van der Waals surface area contributed by atoms with Crippen LogP contribution < -0.4 is 22.1 Å². The lowest BCUT2D eigenvalue weighted by atomic mass is 9.82. The van der Waals surface area contributed by atoms with Gasteiger partial charge in [-0.05, 0) is 26.2 Å². The fourth-order valence-corrected chi connectivity index (χ4v) is 5.46. The molecular weight excluding hydrogens is 574 g/mol. The Bertz CT molecular complexity index is 876. The van der Waals surface area contributed by atoms with Gasteiger partial charge in [-0.25, -0.2) is 0 Å². The quantitative estimate of drug-likeness (QED) is 0.0670. The van der Waals surface area contributed by atoms with Crippen molar-refractivity contribution in [2.45, 2.75) is 118 Å². The highest BCUT2D eigenvalue weighted by Crippen LogP contribution is 2.34. The molecule has 0 amide bonds. The molecule has 0 aromatic rings. The minimum atomic E-state index is -1.77. The molecule has 1 aliphatic carbocycles. The highest BCUT2D eigenvalue weighted by molar-refractivity contribution is 5.84. The first-order valence-electron chi connectivity index (χ1n) is 14.7. The van der Waals surface area contributed by atoms with E-state index in [0.717, 1.165) is 0 Å². The summed E-state index contributed by atoms with van der Waals surface area (Å²) >= 11 is 0. The summed E-state index contributed by atoms with van der Waals surface area (Å²) in [6.45, 7) is 2.31. The normalized spacial score (nSPS) is 42.7. The standard InChI is InChI=1S/C26H51N5O12/c1-11-18(36)25(40-10-26(11,2)39)43-22-16(31-23(29)19(37)17(35)9-33)5-15(28)21(20(22)38)42-24-14(27)4-3-13(41-24)7-30-6-12(34)8-32/h11-22,24-25,30,32-39H,3-10,27-28H2,1-2H3,(H2,29,31)/t11-,12?,13+,14?,15+,16-,17?,18?,19?,20?,21?,22?,24-,25-,26?/m1/s1. The van der Waals surface area contributed by atoms with Gasteiger partial charge in [0.15, 0.2) is 12.6 Å². The summed E-state index contributed by atoms with van der Waals surface area (Å²) in [6.07, 6.45) is -10.9. The van der Waals surface area contributed by atoms with Gasteiger partial charge < -0.3 is 81.9 Å². The van der Waals surface area contributed by atoms with E-state index in [1.54, 1.807) is 6.92 Å². The summed E-state index contributed by atoms with van der Waals surface area (Å²) < 4.78 is 23.8. The molecule has 3 aliphatic rings. The Labute approximate surface area is 250 Å². The van der Waals surface area contributed by atoms with Crippen LogP contribution in [0.4, 0.5) is 0 Å². The predicted molar refractivity (Wildman–Crippen MR) is 149 cm³/mol. The maximum Gasteiger partial charge on any atom is 0.184 e. The first-order chi connectivity index (χ1) is 20.2. The second kappa shape index (κ2) is 15.9. The van der Waals surface area contributed by atoms with Crippen LogP contribution in [-0.2, 0) is 18.9 Å². The Morgan fingerprint density at radius 3 is 2.35 bits per heavy atom. The zero-order chi connectivity index (χ0) is 32.1. The fraction of sp³-hybridized carbons (Fsp3) is 0.962. The average Bonchev–Trinajstić information content (AvgIpc) is 2.97. The minimum Gasteiger partial charge on any atom is -0.394 e. The summed E-state index contributed by atoms with van der Waals surface area (Å²) in [6, 6.07) is -2.35. The molecule has 2 saturated heterocycles. The van der Waals surface area contributed by atoms with E-state index in [4.69, 9.17) is 40.9 Å². The van der Waals surface area contributed by atoms with Gasteiger partial charge in [-0.2, -0.15) is 0 Å². The van der Waals surface area contributed by atoms with E-state index in [2.05, 4.69) is 10.6 Å². The monoisotopic (exact) mass is 625 g/mol. The number of aliphatic hydroxyl groups excluding tert-OH is 7. The van der Waals surface area contributed by atoms with Gasteiger partial charge in [0.25, 0.3) is 0 Å². The Hall–Kier alpha value is -1.13. The van der Waals surface area contributed by atoms with Crippen molar-refractivity contribution in [3.8, 4) is 0 Å². The number of aliphatic hydroxyl groups is 8. The molecule has 15 N–H and O–H groups in total. The van der Waals surface area contributed by atoms with Crippen molar-refractivity contribution in [2.75, 3.05) is 32.9 Å². The van der Waals surface area contributed by atoms with E-state index >= 15 is 0 Å². The molecule has 43 heavy (non-hydrogen) atoms. The van der Waals surface area contributed by atoms with Crippen molar-refractivity contribution in [2.24, 2.45) is 17.4 Å². The van der Waals surface area contributed by atoms with Crippen molar-refractivity contribution in [3.05, 3.63) is 0 Å². The number of hydrogen-bond donors (Lipinski definition) is 13. The molecule has 0 aromatic carbocycles. The van der Waals surface area contributed by atoms with Gasteiger partial charge in [0.05, 0.1) is 49.7 Å². The summed E-state index contributed by atoms with van der Waals surface area (Å²) in [5, 5.41) is 94.5. The van der Waals surface area contributed by atoms with Crippen molar-refractivity contribution in [1.82, 2.24) is 10.6 Å². The first-order valence-corrected chi connectivity index (χ1v) is 14.7. The van der Waals surface area contributed by atoms with Gasteiger partial charge in [-0.3, -0.25) is 5.41 Å². The summed E-state index contributed by atoms with van der Waals surface area (Å²) in [7, 11) is 0. The number of nitrogens with two attached hydrogens (primary N) is 2. The second-order valence-electron chi connectivity index (χ2n) is 12.1. The predicted octanol–water partition coefficient (Wildman–Crippen LogP) is -5.62. The van der Waals surface area contributed by atoms with E-state index < -0.39 is 97.4 Å². The minimum absolute atomic E-state index is 0.0266. The fourth-order valence-electron chi connectivity index (χ4n) is 5.46. The Morgan fingerprint density at radius 1 is 1.02 bits per heavy atom. The van der Waals surface area contributed by atoms with E-state index in [1.165, 1.54) is 6.92 Å². The Balaban J connectivity index is 1.76. The molecule has 0 bridgehead atoms. The van der Waals surface area contributed by atoms with Crippen molar-refractivity contribution < 1.29 is 59.8 Å². The smallest absolute Gasteiger partial charge is 0.184 e. The van der Waals surface area contributed by atoms with Crippen molar-refractivity contribution >= 4 is 5.84 Å². The van der Waals surface area contributed by atoms with Crippen LogP contribution >= 0.6 is 0 Å². The zero-order valence-electron chi connectivity index (χ0n) is 24.6. The third-order valence-electron chi connectivity index (χ3n) is 8.56. The van der Waals surface area contributed by atoms with Crippen LogP contribution in [0.3, 0.4) is 0 Å². The molecule has 252 valence electrons. The summed E-state index contributed by atoms with van der Waals surface area (Å²) in [5.74, 6) is -1.22. The van der Waals surface area contributed by atoms with Crippen LogP contribution in [0, 0.1) is 11.3 Å². The van der Waals surface area contributed by atoms with Crippen LogP contribution in [0.1, 0.15) is 33.1 Å². The topological polar surface area (TPSA) is 299 Å². The molecule has 0 spiro atoms. The van der Waals surface area contributed by atoms with Crippen molar-refractivity contribution in [1.29, 1.82) is 5.41 Å². The zero-order valence-corrected chi connectivity index (χ0v) is 24.6. The third kappa shape index (κ3) is 9.21. The lowest BCUT2D eigenvalue weighted by Crippen LogP contribution is -2.68. The first kappa shape index (κ1) is 36.3. The molecule has 2 heterocycles. The molecular formula is C26H51N5O12. The molecule has 17 heteroatoms. The van der Waals surface area contributed by atoms with E-state index in [0.29, 0.717) is 19.4 Å². The molecule has 9 unspecified atom stereocenters. The molecule has 3 rings (SSSR count). The van der Waals surface area contributed by atoms with Crippen LogP contribution in [0.2, 0.25) is 0 Å². The van der Waals surface area contributed by atoms with Crippen LogP contribution in [0.25, 0.3) is 0 Å². The number of hydrogen-bond acceptors (Lipinski definition) is 16. The lowest BCUT2D eigenvalue weighted by Gasteiger charge is -2.49. The average molecular weight is 626 g/mol. The molecule has 0 radical (unpaired) electrons. The van der Waals surface area contributed by atoms with Crippen LogP contribution in [0.5, 0.6) is 0 Å². The highest BCUT2D eigenvalue weighted by Gasteiger charge is 2.51. The largest absolute Gasteiger partial charge is 0.394 e. The van der Waals surface area contributed by atoms with Gasteiger partial charge in [0, 0.05) is 25.0 Å². The van der Waals surface area contributed by atoms with Gasteiger partial charge in [0.2, 0.25) is 0 Å². The molecule has 17 nitrogen and oxygen atoms in total.